The number of halogens is 4. The molecule has 3 heterocycles. The number of benzene rings is 1. The molecule has 2 unspecified atom stereocenters. The molecular formula is C21H24ClF3N4O4. The van der Waals surface area contributed by atoms with Gasteiger partial charge in [0.05, 0.1) is 12.0 Å². The van der Waals surface area contributed by atoms with Crippen molar-refractivity contribution in [3.63, 3.8) is 0 Å². The number of fused-ring (bicyclic) bond motifs is 1. The summed E-state index contributed by atoms with van der Waals surface area (Å²) in [6, 6.07) is 4.53. The molecule has 3 amide bonds. The van der Waals surface area contributed by atoms with Crippen LogP contribution >= 0.6 is 11.6 Å². The standard InChI is InChI=1S/C21H24ClF3N4O4/c22-18-16(12-2-1-3-14(10-12)33-21(23,24)25)17(19(26)30)15-11-28(6-7-29(15)18)20(31)27-13-4-8-32-9-5-13/h1-3,10,13,15,17H,4-9,11H2,(H2,26,30)(H,27,31). The van der Waals surface area contributed by atoms with Crippen LogP contribution in [-0.2, 0) is 9.53 Å². The van der Waals surface area contributed by atoms with Gasteiger partial charge in [-0.25, -0.2) is 4.79 Å². The molecule has 0 bridgehead atoms. The first kappa shape index (κ1) is 23.5. The van der Waals surface area contributed by atoms with Gasteiger partial charge in [-0.1, -0.05) is 23.7 Å². The summed E-state index contributed by atoms with van der Waals surface area (Å²) < 4.78 is 47.3. The van der Waals surface area contributed by atoms with Crippen molar-refractivity contribution in [2.45, 2.75) is 31.3 Å². The van der Waals surface area contributed by atoms with Gasteiger partial charge in [0.2, 0.25) is 5.91 Å². The van der Waals surface area contributed by atoms with E-state index in [0.29, 0.717) is 37.4 Å². The minimum absolute atomic E-state index is 0.0217. The molecule has 2 fully saturated rings. The van der Waals surface area contributed by atoms with Crippen molar-refractivity contribution in [3.8, 4) is 5.75 Å². The Morgan fingerprint density at radius 1 is 1.21 bits per heavy atom. The van der Waals surface area contributed by atoms with Crippen LogP contribution in [0.1, 0.15) is 18.4 Å². The second-order valence-corrected chi connectivity index (χ2v) is 8.56. The Bertz CT molecular complexity index is 952. The van der Waals surface area contributed by atoms with E-state index in [1.165, 1.54) is 12.1 Å². The Morgan fingerprint density at radius 2 is 1.94 bits per heavy atom. The van der Waals surface area contributed by atoms with Crippen molar-refractivity contribution in [1.82, 2.24) is 15.1 Å². The highest BCUT2D eigenvalue weighted by Crippen LogP contribution is 2.44. The molecule has 0 saturated carbocycles. The van der Waals surface area contributed by atoms with Gasteiger partial charge in [-0.2, -0.15) is 0 Å². The van der Waals surface area contributed by atoms with Gasteiger partial charge < -0.3 is 30.3 Å². The molecule has 0 spiro atoms. The van der Waals surface area contributed by atoms with Gasteiger partial charge in [0.15, 0.2) is 0 Å². The molecule has 2 atom stereocenters. The van der Waals surface area contributed by atoms with Crippen molar-refractivity contribution < 1.29 is 32.2 Å². The molecule has 1 aromatic carbocycles. The minimum Gasteiger partial charge on any atom is -0.406 e. The van der Waals surface area contributed by atoms with Crippen LogP contribution in [0.15, 0.2) is 29.4 Å². The molecule has 12 heteroatoms. The van der Waals surface area contributed by atoms with E-state index < -0.39 is 30.0 Å². The normalized spacial score (nSPS) is 24.0. The summed E-state index contributed by atoms with van der Waals surface area (Å²) in [6.07, 6.45) is -3.40. The lowest BCUT2D eigenvalue weighted by atomic mass is 9.88. The lowest BCUT2D eigenvalue weighted by Crippen LogP contribution is -2.58. The van der Waals surface area contributed by atoms with Gasteiger partial charge >= 0.3 is 12.4 Å². The fourth-order valence-corrected chi connectivity index (χ4v) is 5.03. The lowest BCUT2D eigenvalue weighted by molar-refractivity contribution is -0.274. The predicted molar refractivity (Wildman–Crippen MR) is 113 cm³/mol. The first-order valence-electron chi connectivity index (χ1n) is 10.6. The fraction of sp³-hybridized carbons (Fsp3) is 0.524. The summed E-state index contributed by atoms with van der Waals surface area (Å²) in [5, 5.41) is 3.23. The summed E-state index contributed by atoms with van der Waals surface area (Å²) in [7, 11) is 0. The first-order valence-corrected chi connectivity index (χ1v) is 11.0. The van der Waals surface area contributed by atoms with E-state index >= 15 is 0 Å². The van der Waals surface area contributed by atoms with Crippen LogP contribution in [0.4, 0.5) is 18.0 Å². The minimum atomic E-state index is -4.86. The quantitative estimate of drug-likeness (QED) is 0.635. The van der Waals surface area contributed by atoms with Gasteiger partial charge in [0.1, 0.15) is 10.9 Å². The largest absolute Gasteiger partial charge is 0.573 e. The number of carbonyl (C=O) groups is 2. The Hall–Kier alpha value is -2.66. The van der Waals surface area contributed by atoms with Crippen LogP contribution in [0.3, 0.4) is 0 Å². The van der Waals surface area contributed by atoms with E-state index in [4.69, 9.17) is 22.1 Å². The number of carbonyl (C=O) groups excluding carboxylic acids is 2. The average Bonchev–Trinajstić information content (AvgIpc) is 3.05. The summed E-state index contributed by atoms with van der Waals surface area (Å²) in [4.78, 5) is 28.7. The number of nitrogens with two attached hydrogens (primary N) is 1. The SMILES string of the molecule is NC(=O)C1C(c2cccc(OC(F)(F)F)c2)=C(Cl)N2CCN(C(=O)NC3CCOCC3)CC12. The number of alkyl halides is 3. The van der Waals surface area contributed by atoms with E-state index in [0.717, 1.165) is 18.9 Å². The van der Waals surface area contributed by atoms with Gasteiger partial charge in [0, 0.05) is 44.5 Å². The zero-order valence-corrected chi connectivity index (χ0v) is 18.4. The number of piperazine rings is 1. The summed E-state index contributed by atoms with van der Waals surface area (Å²) >= 11 is 6.60. The molecule has 0 aliphatic carbocycles. The van der Waals surface area contributed by atoms with Gasteiger partial charge in [-0.15, -0.1) is 13.2 Å². The van der Waals surface area contributed by atoms with Gasteiger partial charge in [0.25, 0.3) is 0 Å². The number of primary amides is 1. The third kappa shape index (κ3) is 5.14. The molecule has 3 N–H and O–H groups in total. The Labute approximate surface area is 193 Å². The Kier molecular flexibility index (Phi) is 6.62. The van der Waals surface area contributed by atoms with E-state index in [1.807, 2.05) is 0 Å². The van der Waals surface area contributed by atoms with Crippen molar-refractivity contribution in [3.05, 3.63) is 35.0 Å². The van der Waals surface area contributed by atoms with E-state index in [-0.39, 0.29) is 23.8 Å². The van der Waals surface area contributed by atoms with Crippen LogP contribution in [0, 0.1) is 5.92 Å². The number of amides is 3. The maximum Gasteiger partial charge on any atom is 0.573 e. The predicted octanol–water partition coefficient (Wildman–Crippen LogP) is 2.48. The fourth-order valence-electron chi connectivity index (χ4n) is 4.60. The molecule has 3 aliphatic heterocycles. The monoisotopic (exact) mass is 488 g/mol. The molecule has 0 aromatic heterocycles. The highest BCUT2D eigenvalue weighted by Gasteiger charge is 2.47. The van der Waals surface area contributed by atoms with E-state index in [1.54, 1.807) is 15.9 Å². The molecule has 2 saturated heterocycles. The smallest absolute Gasteiger partial charge is 0.406 e. The molecule has 1 aromatic rings. The molecule has 4 rings (SSSR count). The number of hydrogen-bond donors (Lipinski definition) is 2. The third-order valence-electron chi connectivity index (χ3n) is 6.11. The third-order valence-corrected chi connectivity index (χ3v) is 6.53. The molecule has 3 aliphatic rings. The number of urea groups is 1. The molecule has 0 radical (unpaired) electrons. The van der Waals surface area contributed by atoms with Crippen molar-refractivity contribution in [2.24, 2.45) is 11.7 Å². The van der Waals surface area contributed by atoms with Crippen LogP contribution in [0.5, 0.6) is 5.75 Å². The number of ether oxygens (including phenoxy) is 2. The molecular weight excluding hydrogens is 465 g/mol. The summed E-state index contributed by atoms with van der Waals surface area (Å²) in [5.41, 5.74) is 6.33. The van der Waals surface area contributed by atoms with Crippen molar-refractivity contribution in [2.75, 3.05) is 32.8 Å². The number of rotatable bonds is 4. The van der Waals surface area contributed by atoms with E-state index in [9.17, 15) is 22.8 Å². The second kappa shape index (κ2) is 9.30. The topological polar surface area (TPSA) is 97.1 Å². The van der Waals surface area contributed by atoms with Crippen LogP contribution in [0.2, 0.25) is 0 Å². The zero-order chi connectivity index (χ0) is 23.8. The highest BCUT2D eigenvalue weighted by molar-refractivity contribution is 6.33. The maximum absolute atomic E-state index is 12.8. The van der Waals surface area contributed by atoms with Crippen molar-refractivity contribution >= 4 is 29.1 Å². The summed E-state index contributed by atoms with van der Waals surface area (Å²) in [6.45, 7) is 2.10. The number of nitrogens with zero attached hydrogens (tertiary/aromatic N) is 2. The van der Waals surface area contributed by atoms with Gasteiger partial charge in [-0.05, 0) is 30.5 Å². The number of nitrogens with one attached hydrogen (secondary N) is 1. The molecule has 8 nitrogen and oxygen atoms in total. The second-order valence-electron chi connectivity index (χ2n) is 8.20. The molecule has 180 valence electrons. The zero-order valence-electron chi connectivity index (χ0n) is 17.6. The number of hydrogen-bond acceptors (Lipinski definition) is 5. The van der Waals surface area contributed by atoms with Crippen LogP contribution in [0.25, 0.3) is 5.57 Å². The Balaban J connectivity index is 1.54. The maximum atomic E-state index is 12.8. The highest BCUT2D eigenvalue weighted by atomic mass is 35.5. The van der Waals surface area contributed by atoms with Crippen LogP contribution < -0.4 is 15.8 Å². The average molecular weight is 489 g/mol. The Morgan fingerprint density at radius 3 is 2.61 bits per heavy atom. The van der Waals surface area contributed by atoms with Crippen LogP contribution in [-0.4, -0.2) is 73.0 Å². The van der Waals surface area contributed by atoms with Gasteiger partial charge in [-0.3, -0.25) is 4.79 Å². The van der Waals surface area contributed by atoms with Crippen molar-refractivity contribution in [1.29, 1.82) is 0 Å². The lowest BCUT2D eigenvalue weighted by Gasteiger charge is -2.41. The van der Waals surface area contributed by atoms with E-state index in [2.05, 4.69) is 10.1 Å². The summed E-state index contributed by atoms with van der Waals surface area (Å²) in [5.74, 6) is -2.01. The molecule has 33 heavy (non-hydrogen) atoms. The first-order chi connectivity index (χ1) is 15.6.